The van der Waals surface area contributed by atoms with Crippen molar-refractivity contribution in [3.8, 4) is 0 Å². The van der Waals surface area contributed by atoms with Gasteiger partial charge in [0.25, 0.3) is 0 Å². The Labute approximate surface area is 94.6 Å². The highest BCUT2D eigenvalue weighted by molar-refractivity contribution is 7.91. The maximum Gasteiger partial charge on any atom is 0.235 e. The minimum atomic E-state index is -3.34. The van der Waals surface area contributed by atoms with Crippen molar-refractivity contribution in [3.05, 3.63) is 0 Å². The first-order valence-electron chi connectivity index (χ1n) is 4.51. The second-order valence-electron chi connectivity index (χ2n) is 4.22. The lowest BCUT2D eigenvalue weighted by Gasteiger charge is -2.22. The molecule has 8 heteroatoms. The molecule has 0 unspecified atom stereocenters. The Balaban J connectivity index is 4.32. The highest BCUT2D eigenvalue weighted by atomic mass is 32.2. The van der Waals surface area contributed by atoms with Crippen molar-refractivity contribution in [2.24, 2.45) is 16.3 Å². The van der Waals surface area contributed by atoms with Crippen molar-refractivity contribution in [2.45, 2.75) is 13.8 Å². The molecule has 1 amide bonds. The molecule has 0 fully saturated rings. The number of amides is 1. The summed E-state index contributed by atoms with van der Waals surface area (Å²) in [5.41, 5.74) is 4.66. The van der Waals surface area contributed by atoms with E-state index in [9.17, 15) is 13.2 Å². The van der Waals surface area contributed by atoms with Crippen molar-refractivity contribution in [1.29, 1.82) is 0 Å². The molecule has 7 nitrogen and oxygen atoms in total. The first-order chi connectivity index (χ1) is 7.08. The van der Waals surface area contributed by atoms with E-state index in [1.165, 1.54) is 0 Å². The summed E-state index contributed by atoms with van der Waals surface area (Å²) in [6, 6.07) is 0. The van der Waals surface area contributed by atoms with Crippen LogP contribution < -0.4 is 11.1 Å². The zero-order valence-corrected chi connectivity index (χ0v) is 10.3. The zero-order chi connectivity index (χ0) is 13.0. The Kier molecular flexibility index (Phi) is 4.73. The summed E-state index contributed by atoms with van der Waals surface area (Å²) in [6.45, 7) is 3.41. The van der Waals surface area contributed by atoms with Crippen LogP contribution >= 0.6 is 0 Å². The zero-order valence-electron chi connectivity index (χ0n) is 9.52. The van der Waals surface area contributed by atoms with Gasteiger partial charge in [-0.2, -0.15) is 0 Å². The van der Waals surface area contributed by atoms with Crippen molar-refractivity contribution < 1.29 is 18.4 Å². The average molecular weight is 251 g/mol. The van der Waals surface area contributed by atoms with Crippen LogP contribution in [0.4, 0.5) is 0 Å². The SMILES string of the molecule is CC(C)(CNC(=O)CS(C)(=O)=O)C(N)=NO. The second-order valence-corrected chi connectivity index (χ2v) is 6.36. The van der Waals surface area contributed by atoms with Crippen LogP contribution in [0.3, 0.4) is 0 Å². The van der Waals surface area contributed by atoms with Crippen LogP contribution in [-0.4, -0.2) is 43.9 Å². The summed E-state index contributed by atoms with van der Waals surface area (Å²) in [5, 5.41) is 13.7. The molecule has 0 atom stereocenters. The molecule has 0 rings (SSSR count). The lowest BCUT2D eigenvalue weighted by atomic mass is 9.92. The van der Waals surface area contributed by atoms with E-state index in [1.54, 1.807) is 13.8 Å². The number of carbonyl (C=O) groups is 1. The standard InChI is InChI=1S/C8H17N3O4S/c1-8(2,7(9)11-13)5-10-6(12)4-16(3,14)15/h13H,4-5H2,1-3H3,(H2,9,11)(H,10,12). The molecular weight excluding hydrogens is 234 g/mol. The van der Waals surface area contributed by atoms with Crippen LogP contribution in [0.1, 0.15) is 13.8 Å². The Hall–Kier alpha value is -1.31. The summed E-state index contributed by atoms with van der Waals surface area (Å²) in [6.07, 6.45) is 0.973. The van der Waals surface area contributed by atoms with E-state index in [4.69, 9.17) is 10.9 Å². The molecule has 16 heavy (non-hydrogen) atoms. The normalized spacial score (nSPS) is 13.6. The molecule has 0 aromatic carbocycles. The van der Waals surface area contributed by atoms with Gasteiger partial charge in [-0.25, -0.2) is 8.42 Å². The van der Waals surface area contributed by atoms with Crippen molar-refractivity contribution in [2.75, 3.05) is 18.6 Å². The number of amidine groups is 1. The predicted octanol–water partition coefficient (Wildman–Crippen LogP) is -1.08. The van der Waals surface area contributed by atoms with E-state index in [0.29, 0.717) is 0 Å². The third-order valence-corrected chi connectivity index (χ3v) is 2.71. The molecule has 0 spiro atoms. The van der Waals surface area contributed by atoms with Gasteiger partial charge in [-0.1, -0.05) is 19.0 Å². The average Bonchev–Trinajstić information content (AvgIpc) is 2.11. The van der Waals surface area contributed by atoms with Gasteiger partial charge in [-0.05, 0) is 0 Å². The van der Waals surface area contributed by atoms with Gasteiger partial charge in [0, 0.05) is 18.2 Å². The van der Waals surface area contributed by atoms with Gasteiger partial charge < -0.3 is 16.3 Å². The Morgan fingerprint density at radius 3 is 2.38 bits per heavy atom. The van der Waals surface area contributed by atoms with Gasteiger partial charge in [0.15, 0.2) is 9.84 Å². The third kappa shape index (κ3) is 5.54. The molecule has 0 bridgehead atoms. The predicted molar refractivity (Wildman–Crippen MR) is 59.9 cm³/mol. The van der Waals surface area contributed by atoms with Gasteiger partial charge in [0.1, 0.15) is 11.6 Å². The maximum absolute atomic E-state index is 11.2. The third-order valence-electron chi connectivity index (χ3n) is 1.92. The lowest BCUT2D eigenvalue weighted by molar-refractivity contribution is -0.118. The topological polar surface area (TPSA) is 122 Å². The molecule has 0 aromatic heterocycles. The van der Waals surface area contributed by atoms with Gasteiger partial charge >= 0.3 is 0 Å². The lowest BCUT2D eigenvalue weighted by Crippen LogP contribution is -2.43. The van der Waals surface area contributed by atoms with Gasteiger partial charge in [-0.3, -0.25) is 4.79 Å². The van der Waals surface area contributed by atoms with Crippen LogP contribution in [0.25, 0.3) is 0 Å². The number of hydrogen-bond donors (Lipinski definition) is 3. The number of oxime groups is 1. The molecule has 0 saturated heterocycles. The van der Waals surface area contributed by atoms with E-state index in [1.807, 2.05) is 0 Å². The van der Waals surface area contributed by atoms with E-state index >= 15 is 0 Å². The van der Waals surface area contributed by atoms with E-state index in [2.05, 4.69) is 10.5 Å². The molecule has 0 aliphatic heterocycles. The Morgan fingerprint density at radius 1 is 1.50 bits per heavy atom. The molecule has 0 aromatic rings. The number of sulfone groups is 1. The number of nitrogens with two attached hydrogens (primary N) is 1. The fourth-order valence-corrected chi connectivity index (χ4v) is 1.41. The largest absolute Gasteiger partial charge is 0.409 e. The summed E-state index contributed by atoms with van der Waals surface area (Å²) in [7, 11) is -3.34. The van der Waals surface area contributed by atoms with E-state index in [-0.39, 0.29) is 12.4 Å². The van der Waals surface area contributed by atoms with Gasteiger partial charge in [-0.15, -0.1) is 0 Å². The van der Waals surface area contributed by atoms with Crippen LogP contribution in [0.5, 0.6) is 0 Å². The minimum Gasteiger partial charge on any atom is -0.409 e. The summed E-state index contributed by atoms with van der Waals surface area (Å²) in [4.78, 5) is 11.2. The maximum atomic E-state index is 11.2. The van der Waals surface area contributed by atoms with Crippen molar-refractivity contribution >= 4 is 21.6 Å². The fraction of sp³-hybridized carbons (Fsp3) is 0.750. The monoisotopic (exact) mass is 251 g/mol. The Bertz CT molecular complexity index is 386. The highest BCUT2D eigenvalue weighted by Crippen LogP contribution is 2.13. The van der Waals surface area contributed by atoms with Crippen LogP contribution in [0.15, 0.2) is 5.16 Å². The second kappa shape index (κ2) is 5.15. The number of nitrogens with one attached hydrogen (secondary N) is 1. The molecule has 0 radical (unpaired) electrons. The summed E-state index contributed by atoms with van der Waals surface area (Å²) < 4.78 is 21.6. The van der Waals surface area contributed by atoms with Crippen LogP contribution in [-0.2, 0) is 14.6 Å². The Morgan fingerprint density at radius 2 is 2.00 bits per heavy atom. The molecule has 0 aliphatic rings. The molecule has 0 saturated carbocycles. The molecule has 94 valence electrons. The smallest absolute Gasteiger partial charge is 0.235 e. The number of hydrogen-bond acceptors (Lipinski definition) is 5. The van der Waals surface area contributed by atoms with E-state index < -0.39 is 26.9 Å². The quantitative estimate of drug-likeness (QED) is 0.248. The van der Waals surface area contributed by atoms with Gasteiger partial charge in [0.2, 0.25) is 5.91 Å². The van der Waals surface area contributed by atoms with Crippen molar-refractivity contribution in [1.82, 2.24) is 5.32 Å². The number of nitrogens with zero attached hydrogens (tertiary/aromatic N) is 1. The fourth-order valence-electron chi connectivity index (χ4n) is 0.835. The molecule has 4 N–H and O–H groups in total. The molecule has 0 aliphatic carbocycles. The number of rotatable bonds is 5. The van der Waals surface area contributed by atoms with E-state index in [0.717, 1.165) is 6.26 Å². The summed E-state index contributed by atoms with van der Waals surface area (Å²) in [5.74, 6) is -1.22. The minimum absolute atomic E-state index is 0.0350. The van der Waals surface area contributed by atoms with Crippen LogP contribution in [0, 0.1) is 5.41 Å². The first kappa shape index (κ1) is 14.7. The first-order valence-corrected chi connectivity index (χ1v) is 6.57. The summed E-state index contributed by atoms with van der Waals surface area (Å²) >= 11 is 0. The molecular formula is C8H17N3O4S. The highest BCUT2D eigenvalue weighted by Gasteiger charge is 2.24. The van der Waals surface area contributed by atoms with Crippen LogP contribution in [0.2, 0.25) is 0 Å². The number of carbonyl (C=O) groups excluding carboxylic acids is 1. The molecule has 0 heterocycles. The van der Waals surface area contributed by atoms with Crippen molar-refractivity contribution in [3.63, 3.8) is 0 Å². The van der Waals surface area contributed by atoms with Gasteiger partial charge in [0.05, 0.1) is 0 Å².